The van der Waals surface area contributed by atoms with Gasteiger partial charge in [0.25, 0.3) is 5.91 Å². The molecule has 1 fully saturated rings. The van der Waals surface area contributed by atoms with Crippen molar-refractivity contribution >= 4 is 23.2 Å². The molecule has 0 unspecified atom stereocenters. The van der Waals surface area contributed by atoms with E-state index in [1.165, 1.54) is 16.2 Å². The van der Waals surface area contributed by atoms with Crippen LogP contribution in [0, 0.1) is 6.92 Å². The Morgan fingerprint density at radius 3 is 2.67 bits per heavy atom. The average molecular weight is 268 g/mol. The molecule has 1 aromatic heterocycles. The summed E-state index contributed by atoms with van der Waals surface area (Å²) in [6.07, 6.45) is 3.90. The van der Waals surface area contributed by atoms with Gasteiger partial charge in [-0.25, -0.2) is 4.98 Å². The summed E-state index contributed by atoms with van der Waals surface area (Å²) in [4.78, 5) is 28.8. The maximum absolute atomic E-state index is 12.3. The standard InChI is InChI=1S/C12H16N2O3S/c1-8-13-10(7-18-8)12(17)14(6-11(15)16)9-4-2-3-5-9/h7,9H,2-6H2,1H3,(H,15,16). The van der Waals surface area contributed by atoms with Crippen LogP contribution >= 0.6 is 11.3 Å². The Morgan fingerprint density at radius 1 is 1.50 bits per heavy atom. The van der Waals surface area contributed by atoms with Crippen molar-refractivity contribution < 1.29 is 14.7 Å². The lowest BCUT2D eigenvalue weighted by molar-refractivity contribution is -0.138. The quantitative estimate of drug-likeness (QED) is 0.905. The fourth-order valence-electron chi connectivity index (χ4n) is 2.34. The number of hydrogen-bond donors (Lipinski definition) is 1. The minimum atomic E-state index is -0.970. The topological polar surface area (TPSA) is 70.5 Å². The Labute approximate surface area is 109 Å². The molecule has 6 heteroatoms. The summed E-state index contributed by atoms with van der Waals surface area (Å²) in [7, 11) is 0. The zero-order chi connectivity index (χ0) is 13.1. The van der Waals surface area contributed by atoms with Crippen molar-refractivity contribution in [3.05, 3.63) is 16.1 Å². The molecule has 1 N–H and O–H groups in total. The highest BCUT2D eigenvalue weighted by molar-refractivity contribution is 7.09. The fourth-order valence-corrected chi connectivity index (χ4v) is 2.92. The molecule has 1 amide bonds. The van der Waals surface area contributed by atoms with Gasteiger partial charge in [-0.1, -0.05) is 12.8 Å². The number of carbonyl (C=O) groups excluding carboxylic acids is 1. The highest BCUT2D eigenvalue weighted by atomic mass is 32.1. The number of aromatic nitrogens is 1. The van der Waals surface area contributed by atoms with Gasteiger partial charge in [0.15, 0.2) is 0 Å². The number of amides is 1. The monoisotopic (exact) mass is 268 g/mol. The molecule has 5 nitrogen and oxygen atoms in total. The third kappa shape index (κ3) is 2.87. The first-order valence-corrected chi connectivity index (χ1v) is 6.91. The molecule has 0 aliphatic heterocycles. The summed E-state index contributed by atoms with van der Waals surface area (Å²) >= 11 is 1.41. The molecule has 0 spiro atoms. The summed E-state index contributed by atoms with van der Waals surface area (Å²) in [5.41, 5.74) is 0.366. The van der Waals surface area contributed by atoms with E-state index in [1.54, 1.807) is 5.38 Å². The molecule has 1 heterocycles. The SMILES string of the molecule is Cc1nc(C(=O)N(CC(=O)O)C2CCCC2)cs1. The zero-order valence-corrected chi connectivity index (χ0v) is 11.1. The molecule has 2 rings (SSSR count). The van der Waals surface area contributed by atoms with E-state index in [0.29, 0.717) is 5.69 Å². The zero-order valence-electron chi connectivity index (χ0n) is 10.3. The predicted molar refractivity (Wildman–Crippen MR) is 67.8 cm³/mol. The fraction of sp³-hybridized carbons (Fsp3) is 0.583. The predicted octanol–water partition coefficient (Wildman–Crippen LogP) is 1.92. The normalized spacial score (nSPS) is 15.8. The van der Waals surface area contributed by atoms with Gasteiger partial charge in [0.1, 0.15) is 12.2 Å². The largest absolute Gasteiger partial charge is 0.480 e. The molecule has 0 aromatic carbocycles. The van der Waals surface area contributed by atoms with Gasteiger partial charge < -0.3 is 10.0 Å². The van der Waals surface area contributed by atoms with Crippen LogP contribution < -0.4 is 0 Å². The highest BCUT2D eigenvalue weighted by Gasteiger charge is 2.29. The van der Waals surface area contributed by atoms with E-state index in [2.05, 4.69) is 4.98 Å². The molecule has 0 saturated heterocycles. The summed E-state index contributed by atoms with van der Waals surface area (Å²) in [5, 5.41) is 11.4. The van der Waals surface area contributed by atoms with E-state index < -0.39 is 5.97 Å². The van der Waals surface area contributed by atoms with Crippen molar-refractivity contribution in [1.82, 2.24) is 9.88 Å². The van der Waals surface area contributed by atoms with E-state index in [-0.39, 0.29) is 18.5 Å². The van der Waals surface area contributed by atoms with Gasteiger partial charge in [0.2, 0.25) is 0 Å². The Balaban J connectivity index is 2.17. The molecule has 0 atom stereocenters. The Kier molecular flexibility index (Phi) is 3.96. The second-order valence-electron chi connectivity index (χ2n) is 4.52. The minimum Gasteiger partial charge on any atom is -0.480 e. The third-order valence-electron chi connectivity index (χ3n) is 3.17. The third-order valence-corrected chi connectivity index (χ3v) is 3.94. The lowest BCUT2D eigenvalue weighted by Gasteiger charge is -2.26. The van der Waals surface area contributed by atoms with Crippen LogP contribution in [-0.4, -0.2) is 39.5 Å². The number of carboxylic acids is 1. The second-order valence-corrected chi connectivity index (χ2v) is 5.58. The van der Waals surface area contributed by atoms with Crippen LogP contribution in [0.25, 0.3) is 0 Å². The van der Waals surface area contributed by atoms with Crippen molar-refractivity contribution in [3.8, 4) is 0 Å². The number of carboxylic acid groups (broad SMARTS) is 1. The molecule has 1 saturated carbocycles. The maximum Gasteiger partial charge on any atom is 0.323 e. The van der Waals surface area contributed by atoms with Gasteiger partial charge in [0.05, 0.1) is 5.01 Å². The first kappa shape index (κ1) is 13.0. The summed E-state index contributed by atoms with van der Waals surface area (Å²) < 4.78 is 0. The molecule has 0 bridgehead atoms. The van der Waals surface area contributed by atoms with Crippen LogP contribution in [0.5, 0.6) is 0 Å². The summed E-state index contributed by atoms with van der Waals surface area (Å²) in [5.74, 6) is -1.23. The van der Waals surface area contributed by atoms with E-state index in [4.69, 9.17) is 5.11 Å². The lowest BCUT2D eigenvalue weighted by atomic mass is 10.2. The van der Waals surface area contributed by atoms with Crippen LogP contribution in [-0.2, 0) is 4.79 Å². The Bertz CT molecular complexity index is 452. The number of aryl methyl sites for hydroxylation is 1. The van der Waals surface area contributed by atoms with Crippen LogP contribution in [0.15, 0.2) is 5.38 Å². The van der Waals surface area contributed by atoms with Crippen molar-refractivity contribution in [2.45, 2.75) is 38.6 Å². The molecule has 1 aliphatic rings. The number of thiazole rings is 1. The van der Waals surface area contributed by atoms with Crippen LogP contribution in [0.1, 0.15) is 41.2 Å². The molecule has 0 radical (unpaired) electrons. The van der Waals surface area contributed by atoms with Gasteiger partial charge in [-0.3, -0.25) is 9.59 Å². The van der Waals surface area contributed by atoms with Gasteiger partial charge in [0, 0.05) is 11.4 Å². The van der Waals surface area contributed by atoms with Crippen molar-refractivity contribution in [2.24, 2.45) is 0 Å². The van der Waals surface area contributed by atoms with Crippen LogP contribution in [0.4, 0.5) is 0 Å². The minimum absolute atomic E-state index is 0.0515. The van der Waals surface area contributed by atoms with Gasteiger partial charge in [-0.15, -0.1) is 11.3 Å². The smallest absolute Gasteiger partial charge is 0.323 e. The summed E-state index contributed by atoms with van der Waals surface area (Å²) in [6.45, 7) is 1.60. The van der Waals surface area contributed by atoms with E-state index in [9.17, 15) is 9.59 Å². The first-order chi connectivity index (χ1) is 8.58. The van der Waals surface area contributed by atoms with Crippen molar-refractivity contribution in [1.29, 1.82) is 0 Å². The van der Waals surface area contributed by atoms with Crippen LogP contribution in [0.3, 0.4) is 0 Å². The van der Waals surface area contributed by atoms with Crippen molar-refractivity contribution in [3.63, 3.8) is 0 Å². The first-order valence-electron chi connectivity index (χ1n) is 6.03. The Morgan fingerprint density at radius 2 is 2.17 bits per heavy atom. The maximum atomic E-state index is 12.3. The molecular formula is C12H16N2O3S. The molecule has 98 valence electrons. The highest BCUT2D eigenvalue weighted by Crippen LogP contribution is 2.25. The summed E-state index contributed by atoms with van der Waals surface area (Å²) in [6, 6.07) is 0.0515. The second kappa shape index (κ2) is 5.48. The molecular weight excluding hydrogens is 252 g/mol. The van der Waals surface area contributed by atoms with Crippen molar-refractivity contribution in [2.75, 3.05) is 6.54 Å². The van der Waals surface area contributed by atoms with Gasteiger partial charge in [-0.05, 0) is 19.8 Å². The van der Waals surface area contributed by atoms with E-state index >= 15 is 0 Å². The Hall–Kier alpha value is -1.43. The lowest BCUT2D eigenvalue weighted by Crippen LogP contribution is -2.42. The number of aliphatic carboxylic acids is 1. The van der Waals surface area contributed by atoms with E-state index in [1.807, 2.05) is 6.92 Å². The molecule has 18 heavy (non-hydrogen) atoms. The van der Waals surface area contributed by atoms with Gasteiger partial charge in [-0.2, -0.15) is 0 Å². The number of carbonyl (C=O) groups is 2. The van der Waals surface area contributed by atoms with Gasteiger partial charge >= 0.3 is 5.97 Å². The van der Waals surface area contributed by atoms with Crippen LogP contribution in [0.2, 0.25) is 0 Å². The number of hydrogen-bond acceptors (Lipinski definition) is 4. The average Bonchev–Trinajstić information content (AvgIpc) is 2.95. The van der Waals surface area contributed by atoms with E-state index in [0.717, 1.165) is 30.7 Å². The molecule has 1 aromatic rings. The molecule has 1 aliphatic carbocycles. The number of rotatable bonds is 4. The number of nitrogens with zero attached hydrogens (tertiary/aromatic N) is 2.